The molecular formula is C14H17BrFN3. The van der Waals surface area contributed by atoms with Crippen LogP contribution in [0.25, 0.3) is 0 Å². The molecule has 0 saturated carbocycles. The Morgan fingerprint density at radius 2 is 2.26 bits per heavy atom. The van der Waals surface area contributed by atoms with Crippen LogP contribution in [0.3, 0.4) is 0 Å². The molecule has 1 heterocycles. The molecule has 3 nitrogen and oxygen atoms in total. The molecule has 1 aromatic carbocycles. The van der Waals surface area contributed by atoms with Crippen LogP contribution in [0, 0.1) is 5.82 Å². The van der Waals surface area contributed by atoms with Gasteiger partial charge in [-0.05, 0) is 37.2 Å². The summed E-state index contributed by atoms with van der Waals surface area (Å²) in [5.74, 6) is -0.229. The Balaban J connectivity index is 2.18. The summed E-state index contributed by atoms with van der Waals surface area (Å²) in [6.45, 7) is 2.68. The molecule has 0 saturated heterocycles. The Hall–Kier alpha value is -1.20. The van der Waals surface area contributed by atoms with Crippen molar-refractivity contribution in [2.75, 3.05) is 7.05 Å². The van der Waals surface area contributed by atoms with Crippen molar-refractivity contribution in [1.29, 1.82) is 0 Å². The minimum atomic E-state index is -0.229. The van der Waals surface area contributed by atoms with E-state index in [4.69, 9.17) is 0 Å². The van der Waals surface area contributed by atoms with E-state index in [9.17, 15) is 4.39 Å². The molecule has 1 N–H and O–H groups in total. The highest BCUT2D eigenvalue weighted by atomic mass is 79.9. The van der Waals surface area contributed by atoms with Gasteiger partial charge in [-0.1, -0.05) is 22.9 Å². The third kappa shape index (κ3) is 3.42. The molecule has 1 atom stereocenters. The molecule has 0 radical (unpaired) electrons. The van der Waals surface area contributed by atoms with Crippen LogP contribution >= 0.6 is 15.9 Å². The molecule has 0 fully saturated rings. The van der Waals surface area contributed by atoms with Gasteiger partial charge in [-0.3, -0.25) is 4.68 Å². The quantitative estimate of drug-likeness (QED) is 0.911. The average Bonchev–Trinajstić information content (AvgIpc) is 2.84. The topological polar surface area (TPSA) is 29.9 Å². The fraction of sp³-hybridized carbons (Fsp3) is 0.357. The zero-order valence-corrected chi connectivity index (χ0v) is 12.6. The number of hydrogen-bond donors (Lipinski definition) is 1. The summed E-state index contributed by atoms with van der Waals surface area (Å²) in [5, 5.41) is 7.58. The van der Waals surface area contributed by atoms with E-state index >= 15 is 0 Å². The first-order valence-corrected chi connectivity index (χ1v) is 7.07. The summed E-state index contributed by atoms with van der Waals surface area (Å²) in [7, 11) is 1.94. The van der Waals surface area contributed by atoms with E-state index in [0.29, 0.717) is 12.6 Å². The highest BCUT2D eigenvalue weighted by Gasteiger charge is 2.10. The maximum Gasteiger partial charge on any atom is 0.123 e. The van der Waals surface area contributed by atoms with Crippen LogP contribution in [0.2, 0.25) is 0 Å². The fourth-order valence-electron chi connectivity index (χ4n) is 2.09. The standard InChI is InChI=1S/C14H17BrFN3/c1-3-14(17-2)11-7-18-19(9-11)8-10-6-12(16)4-5-13(10)15/h4-7,9,14,17H,3,8H2,1-2H3. The largest absolute Gasteiger partial charge is 0.313 e. The van der Waals surface area contributed by atoms with E-state index in [1.165, 1.54) is 12.1 Å². The van der Waals surface area contributed by atoms with E-state index in [0.717, 1.165) is 22.0 Å². The smallest absolute Gasteiger partial charge is 0.123 e. The van der Waals surface area contributed by atoms with Crippen molar-refractivity contribution >= 4 is 15.9 Å². The lowest BCUT2D eigenvalue weighted by Gasteiger charge is -2.10. The predicted molar refractivity (Wildman–Crippen MR) is 77.5 cm³/mol. The van der Waals surface area contributed by atoms with Crippen LogP contribution in [0.15, 0.2) is 35.1 Å². The molecule has 0 bridgehead atoms. The van der Waals surface area contributed by atoms with Gasteiger partial charge in [0.2, 0.25) is 0 Å². The van der Waals surface area contributed by atoms with Crippen molar-refractivity contribution in [2.24, 2.45) is 0 Å². The van der Waals surface area contributed by atoms with Crippen molar-refractivity contribution < 1.29 is 4.39 Å². The van der Waals surface area contributed by atoms with Gasteiger partial charge in [0.25, 0.3) is 0 Å². The second-order valence-corrected chi connectivity index (χ2v) is 5.31. The maximum absolute atomic E-state index is 13.2. The van der Waals surface area contributed by atoms with E-state index < -0.39 is 0 Å². The molecular weight excluding hydrogens is 309 g/mol. The molecule has 1 unspecified atom stereocenters. The average molecular weight is 326 g/mol. The second-order valence-electron chi connectivity index (χ2n) is 4.46. The fourth-order valence-corrected chi connectivity index (χ4v) is 2.46. The Labute approximate surface area is 121 Å². The molecule has 5 heteroatoms. The molecule has 2 rings (SSSR count). The van der Waals surface area contributed by atoms with Gasteiger partial charge in [-0.25, -0.2) is 4.39 Å². The van der Waals surface area contributed by atoms with Crippen LogP contribution in [0.1, 0.15) is 30.5 Å². The van der Waals surface area contributed by atoms with Gasteiger partial charge in [0.1, 0.15) is 5.82 Å². The lowest BCUT2D eigenvalue weighted by atomic mass is 10.1. The lowest BCUT2D eigenvalue weighted by molar-refractivity contribution is 0.575. The van der Waals surface area contributed by atoms with Crippen molar-refractivity contribution in [1.82, 2.24) is 15.1 Å². The van der Waals surface area contributed by atoms with Gasteiger partial charge >= 0.3 is 0 Å². The van der Waals surface area contributed by atoms with Gasteiger partial charge in [-0.2, -0.15) is 5.10 Å². The second kappa shape index (κ2) is 6.30. The van der Waals surface area contributed by atoms with Gasteiger partial charge in [0.15, 0.2) is 0 Å². The van der Waals surface area contributed by atoms with Crippen LogP contribution in [-0.2, 0) is 6.54 Å². The van der Waals surface area contributed by atoms with Crippen molar-refractivity contribution in [3.8, 4) is 0 Å². The van der Waals surface area contributed by atoms with Crippen LogP contribution < -0.4 is 5.32 Å². The Kier molecular flexibility index (Phi) is 4.71. The number of nitrogens with one attached hydrogen (secondary N) is 1. The first kappa shape index (κ1) is 14.2. The number of benzene rings is 1. The summed E-state index contributed by atoms with van der Waals surface area (Å²) < 4.78 is 16.0. The number of aromatic nitrogens is 2. The molecule has 0 amide bonds. The third-order valence-electron chi connectivity index (χ3n) is 3.15. The summed E-state index contributed by atoms with van der Waals surface area (Å²) in [4.78, 5) is 0. The molecule has 2 aromatic rings. The van der Waals surface area contributed by atoms with Crippen LogP contribution in [0.4, 0.5) is 4.39 Å². The molecule has 19 heavy (non-hydrogen) atoms. The van der Waals surface area contributed by atoms with Gasteiger partial charge < -0.3 is 5.32 Å². The number of nitrogens with zero attached hydrogens (tertiary/aromatic N) is 2. The highest BCUT2D eigenvalue weighted by molar-refractivity contribution is 9.10. The summed E-state index contributed by atoms with van der Waals surface area (Å²) in [6, 6.07) is 5.00. The van der Waals surface area contributed by atoms with E-state index in [1.54, 1.807) is 6.07 Å². The Morgan fingerprint density at radius 3 is 2.95 bits per heavy atom. The number of halogens is 2. The van der Waals surface area contributed by atoms with E-state index in [-0.39, 0.29) is 5.82 Å². The zero-order chi connectivity index (χ0) is 13.8. The van der Waals surface area contributed by atoms with Crippen molar-refractivity contribution in [3.63, 3.8) is 0 Å². The number of hydrogen-bond acceptors (Lipinski definition) is 2. The minimum absolute atomic E-state index is 0.229. The van der Waals surface area contributed by atoms with E-state index in [1.807, 2.05) is 24.1 Å². The molecule has 102 valence electrons. The Bertz CT molecular complexity index is 549. The summed E-state index contributed by atoms with van der Waals surface area (Å²) in [5.41, 5.74) is 2.03. The first-order valence-electron chi connectivity index (χ1n) is 6.27. The number of rotatable bonds is 5. The Morgan fingerprint density at radius 1 is 1.47 bits per heavy atom. The third-order valence-corrected chi connectivity index (χ3v) is 3.93. The monoisotopic (exact) mass is 325 g/mol. The van der Waals surface area contributed by atoms with Crippen LogP contribution in [0.5, 0.6) is 0 Å². The van der Waals surface area contributed by atoms with E-state index in [2.05, 4.69) is 33.3 Å². The molecule has 0 aliphatic rings. The molecule has 0 spiro atoms. The minimum Gasteiger partial charge on any atom is -0.313 e. The molecule has 0 aliphatic heterocycles. The maximum atomic E-state index is 13.2. The van der Waals surface area contributed by atoms with Gasteiger partial charge in [0.05, 0.1) is 12.7 Å². The highest BCUT2D eigenvalue weighted by Crippen LogP contribution is 2.20. The SMILES string of the molecule is CCC(NC)c1cnn(Cc2cc(F)ccc2Br)c1. The van der Waals surface area contributed by atoms with Gasteiger partial charge in [0, 0.05) is 22.3 Å². The summed E-state index contributed by atoms with van der Waals surface area (Å²) >= 11 is 3.43. The summed E-state index contributed by atoms with van der Waals surface area (Å²) in [6.07, 6.45) is 4.87. The lowest BCUT2D eigenvalue weighted by Crippen LogP contribution is -2.14. The van der Waals surface area contributed by atoms with Crippen LogP contribution in [-0.4, -0.2) is 16.8 Å². The zero-order valence-electron chi connectivity index (χ0n) is 11.0. The molecule has 1 aromatic heterocycles. The van der Waals surface area contributed by atoms with Crippen molar-refractivity contribution in [2.45, 2.75) is 25.9 Å². The van der Waals surface area contributed by atoms with Crippen molar-refractivity contribution in [3.05, 3.63) is 52.0 Å². The normalized spacial score (nSPS) is 12.6. The first-order chi connectivity index (χ1) is 9.13. The van der Waals surface area contributed by atoms with Gasteiger partial charge in [-0.15, -0.1) is 0 Å². The molecule has 0 aliphatic carbocycles. The predicted octanol–water partition coefficient (Wildman–Crippen LogP) is 3.50.